The number of rotatable bonds is 3. The van der Waals surface area contributed by atoms with Gasteiger partial charge in [0, 0.05) is 11.3 Å². The van der Waals surface area contributed by atoms with Crippen molar-refractivity contribution < 1.29 is 4.74 Å². The highest BCUT2D eigenvalue weighted by atomic mass is 16.5. The molecule has 0 aromatic heterocycles. The minimum Gasteiger partial charge on any atom is -0.490 e. The third kappa shape index (κ3) is 2.73. The van der Waals surface area contributed by atoms with Crippen LogP contribution in [-0.2, 0) is 0 Å². The lowest BCUT2D eigenvalue weighted by molar-refractivity contribution is 0.210. The average Bonchev–Trinajstić information content (AvgIpc) is 2.95. The summed E-state index contributed by atoms with van der Waals surface area (Å²) in [6.45, 7) is 0. The molecule has 1 aliphatic rings. The molecule has 0 bridgehead atoms. The van der Waals surface area contributed by atoms with Crippen LogP contribution in [0.1, 0.15) is 25.7 Å². The molecule has 98 valence electrons. The topological polar surface area (TPSA) is 35.2 Å². The minimum absolute atomic E-state index is 0.382. The predicted octanol–water partition coefficient (Wildman–Crippen LogP) is 4.26. The number of benzene rings is 2. The van der Waals surface area contributed by atoms with E-state index in [0.29, 0.717) is 6.10 Å². The third-order valence-electron chi connectivity index (χ3n) is 3.71. The Hall–Kier alpha value is -1.96. The SMILES string of the molecule is Nc1ccc(OC2CCCC2)cc1-c1ccccc1. The second-order valence-electron chi connectivity index (χ2n) is 5.14. The van der Waals surface area contributed by atoms with Crippen molar-refractivity contribution in [2.24, 2.45) is 0 Å². The second kappa shape index (κ2) is 5.35. The van der Waals surface area contributed by atoms with Crippen molar-refractivity contribution in [1.29, 1.82) is 0 Å². The Morgan fingerprint density at radius 1 is 0.947 bits per heavy atom. The molecule has 0 spiro atoms. The van der Waals surface area contributed by atoms with Crippen molar-refractivity contribution in [3.8, 4) is 16.9 Å². The lowest BCUT2D eigenvalue weighted by Crippen LogP contribution is -2.10. The molecule has 0 saturated heterocycles. The molecule has 2 heteroatoms. The summed E-state index contributed by atoms with van der Waals surface area (Å²) in [5.74, 6) is 0.931. The molecule has 1 aliphatic carbocycles. The highest BCUT2D eigenvalue weighted by Crippen LogP contribution is 2.31. The van der Waals surface area contributed by atoms with Gasteiger partial charge < -0.3 is 10.5 Å². The minimum atomic E-state index is 0.382. The number of ether oxygens (including phenoxy) is 1. The van der Waals surface area contributed by atoms with Crippen LogP contribution in [0, 0.1) is 0 Å². The van der Waals surface area contributed by atoms with E-state index in [1.54, 1.807) is 0 Å². The van der Waals surface area contributed by atoms with Crippen molar-refractivity contribution >= 4 is 5.69 Å². The van der Waals surface area contributed by atoms with Gasteiger partial charge in [-0.25, -0.2) is 0 Å². The van der Waals surface area contributed by atoms with Gasteiger partial charge in [-0.3, -0.25) is 0 Å². The van der Waals surface area contributed by atoms with E-state index in [4.69, 9.17) is 10.5 Å². The Morgan fingerprint density at radius 3 is 2.42 bits per heavy atom. The van der Waals surface area contributed by atoms with Gasteiger partial charge in [-0.2, -0.15) is 0 Å². The maximum Gasteiger partial charge on any atom is 0.120 e. The third-order valence-corrected chi connectivity index (χ3v) is 3.71. The van der Waals surface area contributed by atoms with E-state index in [1.165, 1.54) is 25.7 Å². The fourth-order valence-corrected chi connectivity index (χ4v) is 2.68. The van der Waals surface area contributed by atoms with Crippen LogP contribution in [0.4, 0.5) is 5.69 Å². The molecule has 0 atom stereocenters. The molecule has 0 radical (unpaired) electrons. The molecule has 2 aromatic rings. The van der Waals surface area contributed by atoms with E-state index in [9.17, 15) is 0 Å². The summed E-state index contributed by atoms with van der Waals surface area (Å²) in [6, 6.07) is 16.2. The van der Waals surface area contributed by atoms with Crippen LogP contribution in [0.5, 0.6) is 5.75 Å². The Kier molecular flexibility index (Phi) is 3.41. The Labute approximate surface area is 114 Å². The quantitative estimate of drug-likeness (QED) is 0.830. The first-order valence-electron chi connectivity index (χ1n) is 6.94. The van der Waals surface area contributed by atoms with Crippen molar-refractivity contribution in [2.75, 3.05) is 5.73 Å². The molecule has 19 heavy (non-hydrogen) atoms. The lowest BCUT2D eigenvalue weighted by atomic mass is 10.0. The molecule has 2 aromatic carbocycles. The number of nitrogens with two attached hydrogens (primary N) is 1. The van der Waals surface area contributed by atoms with Gasteiger partial charge in [-0.15, -0.1) is 0 Å². The zero-order chi connectivity index (χ0) is 13.1. The standard InChI is InChI=1S/C17H19NO/c18-17-11-10-15(19-14-8-4-5-9-14)12-16(17)13-6-2-1-3-7-13/h1-3,6-7,10-12,14H,4-5,8-9,18H2. The number of hydrogen-bond donors (Lipinski definition) is 1. The van der Waals surface area contributed by atoms with Gasteiger partial charge in [0.1, 0.15) is 5.75 Å². The van der Waals surface area contributed by atoms with Crippen molar-refractivity contribution in [1.82, 2.24) is 0 Å². The van der Waals surface area contributed by atoms with Gasteiger partial charge in [0.2, 0.25) is 0 Å². The highest BCUT2D eigenvalue weighted by molar-refractivity contribution is 5.77. The first-order valence-corrected chi connectivity index (χ1v) is 6.94. The molecular weight excluding hydrogens is 234 g/mol. The molecule has 0 aliphatic heterocycles. The van der Waals surface area contributed by atoms with Crippen molar-refractivity contribution in [3.63, 3.8) is 0 Å². The summed E-state index contributed by atoms with van der Waals surface area (Å²) in [5, 5.41) is 0. The molecule has 2 N–H and O–H groups in total. The molecule has 2 nitrogen and oxygen atoms in total. The van der Waals surface area contributed by atoms with Crippen LogP contribution in [0.2, 0.25) is 0 Å². The van der Waals surface area contributed by atoms with Crippen molar-refractivity contribution in [3.05, 3.63) is 48.5 Å². The number of hydrogen-bond acceptors (Lipinski definition) is 2. The van der Waals surface area contributed by atoms with E-state index in [0.717, 1.165) is 22.6 Å². The molecule has 0 unspecified atom stereocenters. The van der Waals surface area contributed by atoms with E-state index in [2.05, 4.69) is 18.2 Å². The summed E-state index contributed by atoms with van der Waals surface area (Å²) >= 11 is 0. The van der Waals surface area contributed by atoms with Crippen LogP contribution < -0.4 is 10.5 Å². The fourth-order valence-electron chi connectivity index (χ4n) is 2.68. The molecular formula is C17H19NO. The molecule has 3 rings (SSSR count). The Balaban J connectivity index is 1.87. The van der Waals surface area contributed by atoms with Crippen LogP contribution in [0.25, 0.3) is 11.1 Å². The maximum atomic E-state index is 6.07. The van der Waals surface area contributed by atoms with Gasteiger partial charge in [0.05, 0.1) is 6.10 Å². The highest BCUT2D eigenvalue weighted by Gasteiger charge is 2.16. The zero-order valence-electron chi connectivity index (χ0n) is 11.0. The van der Waals surface area contributed by atoms with Gasteiger partial charge in [-0.1, -0.05) is 30.3 Å². The second-order valence-corrected chi connectivity index (χ2v) is 5.14. The normalized spacial score (nSPS) is 15.6. The molecule has 0 heterocycles. The largest absolute Gasteiger partial charge is 0.490 e. The van der Waals surface area contributed by atoms with Gasteiger partial charge in [-0.05, 0) is 49.4 Å². The molecule has 1 fully saturated rings. The summed E-state index contributed by atoms with van der Waals surface area (Å²) in [7, 11) is 0. The van der Waals surface area contributed by atoms with Crippen LogP contribution in [-0.4, -0.2) is 6.10 Å². The smallest absolute Gasteiger partial charge is 0.120 e. The van der Waals surface area contributed by atoms with Crippen LogP contribution >= 0.6 is 0 Å². The number of nitrogen functional groups attached to an aromatic ring is 1. The maximum absolute atomic E-state index is 6.07. The first-order chi connectivity index (χ1) is 9.33. The van der Waals surface area contributed by atoms with Crippen molar-refractivity contribution in [2.45, 2.75) is 31.8 Å². The summed E-state index contributed by atoms with van der Waals surface area (Å²) in [5.41, 5.74) is 9.06. The molecule has 1 saturated carbocycles. The lowest BCUT2D eigenvalue weighted by Gasteiger charge is -2.15. The number of anilines is 1. The molecule has 0 amide bonds. The average molecular weight is 253 g/mol. The Bertz CT molecular complexity index is 544. The van der Waals surface area contributed by atoms with E-state index in [1.807, 2.05) is 30.3 Å². The van der Waals surface area contributed by atoms with Gasteiger partial charge in [0.15, 0.2) is 0 Å². The van der Waals surface area contributed by atoms with Crippen LogP contribution in [0.15, 0.2) is 48.5 Å². The fraction of sp³-hybridized carbons (Fsp3) is 0.294. The zero-order valence-corrected chi connectivity index (χ0v) is 11.0. The monoisotopic (exact) mass is 253 g/mol. The summed E-state index contributed by atoms with van der Waals surface area (Å²) in [6.07, 6.45) is 5.29. The van der Waals surface area contributed by atoms with E-state index in [-0.39, 0.29) is 0 Å². The van der Waals surface area contributed by atoms with Crippen LogP contribution in [0.3, 0.4) is 0 Å². The summed E-state index contributed by atoms with van der Waals surface area (Å²) in [4.78, 5) is 0. The van der Waals surface area contributed by atoms with E-state index < -0.39 is 0 Å². The Morgan fingerprint density at radius 2 is 1.68 bits per heavy atom. The van der Waals surface area contributed by atoms with E-state index >= 15 is 0 Å². The predicted molar refractivity (Wildman–Crippen MR) is 79.2 cm³/mol. The first kappa shape index (κ1) is 12.1. The van der Waals surface area contributed by atoms with Gasteiger partial charge in [0.25, 0.3) is 0 Å². The summed E-state index contributed by atoms with van der Waals surface area (Å²) < 4.78 is 6.04. The van der Waals surface area contributed by atoms with Gasteiger partial charge >= 0.3 is 0 Å².